The zero-order valence-corrected chi connectivity index (χ0v) is 16.7. The first-order valence-electron chi connectivity index (χ1n) is 11.0. The number of hydrogen-bond acceptors (Lipinski definition) is 4. The van der Waals surface area contributed by atoms with Crippen LogP contribution in [0.3, 0.4) is 0 Å². The minimum absolute atomic E-state index is 0.110. The van der Waals surface area contributed by atoms with Crippen LogP contribution in [0, 0.1) is 23.6 Å². The van der Waals surface area contributed by atoms with Crippen molar-refractivity contribution in [3.05, 3.63) is 29.8 Å². The average Bonchev–Trinajstić information content (AvgIpc) is 3.59. The third kappa shape index (κ3) is 3.65. The van der Waals surface area contributed by atoms with Crippen LogP contribution in [0.1, 0.15) is 48.9 Å². The van der Waals surface area contributed by atoms with Crippen LogP contribution in [0.4, 0.5) is 4.39 Å². The number of carbonyl (C=O) groups excluding carboxylic acids is 2. The molecule has 3 aliphatic heterocycles. The number of hydrogen-bond donors (Lipinski definition) is 1. The van der Waals surface area contributed by atoms with E-state index in [1.165, 1.54) is 25.1 Å². The van der Waals surface area contributed by atoms with Gasteiger partial charge in [-0.3, -0.25) is 19.5 Å². The third-order valence-corrected chi connectivity index (χ3v) is 7.35. The van der Waals surface area contributed by atoms with Gasteiger partial charge in [0.1, 0.15) is 0 Å². The van der Waals surface area contributed by atoms with Crippen molar-refractivity contribution in [2.24, 2.45) is 17.8 Å². The topological polar surface area (TPSA) is 65.5 Å². The molecular weight excluding hydrogens is 371 g/mol. The number of fused-ring (bicyclic) bond motifs is 4. The van der Waals surface area contributed by atoms with Crippen LogP contribution >= 0.6 is 0 Å². The van der Waals surface area contributed by atoms with Gasteiger partial charge in [-0.1, -0.05) is 6.42 Å². The van der Waals surface area contributed by atoms with Crippen LogP contribution in [-0.4, -0.2) is 64.9 Å². The minimum atomic E-state index is -0.555. The summed E-state index contributed by atoms with van der Waals surface area (Å²) in [5.41, 5.74) is 0.110. The van der Waals surface area contributed by atoms with Crippen molar-refractivity contribution in [2.45, 2.75) is 50.6 Å². The van der Waals surface area contributed by atoms with Crippen molar-refractivity contribution in [2.75, 3.05) is 26.2 Å². The van der Waals surface area contributed by atoms with Crippen molar-refractivity contribution in [3.8, 4) is 0 Å². The lowest BCUT2D eigenvalue weighted by Gasteiger charge is -2.56. The number of pyridine rings is 1. The second-order valence-corrected chi connectivity index (χ2v) is 9.21. The number of rotatable bonds is 4. The van der Waals surface area contributed by atoms with E-state index in [-0.39, 0.29) is 29.3 Å². The van der Waals surface area contributed by atoms with Crippen molar-refractivity contribution in [1.82, 2.24) is 20.1 Å². The van der Waals surface area contributed by atoms with Crippen LogP contribution in [0.2, 0.25) is 0 Å². The number of nitrogens with zero attached hydrogens (tertiary/aromatic N) is 3. The van der Waals surface area contributed by atoms with Crippen LogP contribution in [-0.2, 0) is 4.79 Å². The van der Waals surface area contributed by atoms with Crippen LogP contribution in [0.5, 0.6) is 0 Å². The lowest BCUT2D eigenvalue weighted by atomic mass is 9.72. The lowest BCUT2D eigenvalue weighted by molar-refractivity contribution is -0.123. The smallest absolute Gasteiger partial charge is 0.256 e. The van der Waals surface area contributed by atoms with E-state index in [1.54, 1.807) is 0 Å². The fraction of sp³-hybridized carbons (Fsp3) is 0.682. The molecule has 4 aliphatic rings. The molecule has 2 amide bonds. The first-order chi connectivity index (χ1) is 14.1. The highest BCUT2D eigenvalue weighted by Crippen LogP contribution is 2.41. The van der Waals surface area contributed by atoms with Gasteiger partial charge in [-0.2, -0.15) is 0 Å². The predicted octanol–water partition coefficient (Wildman–Crippen LogP) is 2.06. The molecule has 4 atom stereocenters. The first-order valence-corrected chi connectivity index (χ1v) is 11.0. The summed E-state index contributed by atoms with van der Waals surface area (Å²) in [6, 6.07) is 2.19. The molecular formula is C22H29FN4O2. The zero-order chi connectivity index (χ0) is 20.0. The highest BCUT2D eigenvalue weighted by molar-refractivity contribution is 5.94. The van der Waals surface area contributed by atoms with E-state index in [9.17, 15) is 14.0 Å². The van der Waals surface area contributed by atoms with Crippen LogP contribution < -0.4 is 5.32 Å². The Labute approximate surface area is 170 Å². The van der Waals surface area contributed by atoms with Crippen LogP contribution in [0.15, 0.2) is 18.5 Å². The summed E-state index contributed by atoms with van der Waals surface area (Å²) >= 11 is 0. The summed E-state index contributed by atoms with van der Waals surface area (Å²) in [5, 5.41) is 3.18. The third-order valence-electron chi connectivity index (χ3n) is 7.35. The molecule has 4 heterocycles. The van der Waals surface area contributed by atoms with E-state index in [1.807, 2.05) is 4.90 Å². The van der Waals surface area contributed by atoms with Gasteiger partial charge in [0.15, 0.2) is 5.82 Å². The molecule has 6 nitrogen and oxygen atoms in total. The molecule has 1 aliphatic carbocycles. The molecule has 1 aromatic heterocycles. The molecule has 2 bridgehead atoms. The maximum Gasteiger partial charge on any atom is 0.256 e. The molecule has 3 saturated heterocycles. The summed E-state index contributed by atoms with van der Waals surface area (Å²) in [6.45, 7) is 3.06. The van der Waals surface area contributed by atoms with Crippen molar-refractivity contribution in [3.63, 3.8) is 0 Å². The molecule has 1 saturated carbocycles. The number of amides is 2. The number of nitrogens with one attached hydrogen (secondary N) is 1. The summed E-state index contributed by atoms with van der Waals surface area (Å²) in [7, 11) is 0. The highest BCUT2D eigenvalue weighted by atomic mass is 19.1. The standard InChI is InChI=1S/C22H29FN4O2/c23-18-10-24-7-6-17(18)22(29)26-12-15-9-16(13-26)20(11-25-21(28)14-4-5-14)27-8-2-1-3-19(15)27/h6-7,10,14-16,19-20H,1-5,8-9,11-13H2,(H,25,28)/t15-,16+,19+,20+/m1/s1. The van der Waals surface area contributed by atoms with Gasteiger partial charge >= 0.3 is 0 Å². The minimum Gasteiger partial charge on any atom is -0.354 e. The number of aromatic nitrogens is 1. The van der Waals surface area contributed by atoms with Gasteiger partial charge in [0.05, 0.1) is 11.8 Å². The predicted molar refractivity (Wildman–Crippen MR) is 106 cm³/mol. The number of carbonyl (C=O) groups is 2. The van der Waals surface area contributed by atoms with E-state index in [0.29, 0.717) is 37.5 Å². The first kappa shape index (κ1) is 19.0. The largest absolute Gasteiger partial charge is 0.354 e. The number of piperidine rings is 3. The second-order valence-electron chi connectivity index (χ2n) is 9.21. The molecule has 0 aromatic carbocycles. The van der Waals surface area contributed by atoms with E-state index < -0.39 is 5.82 Å². The summed E-state index contributed by atoms with van der Waals surface area (Å²) in [5.74, 6) is 0.353. The Bertz CT molecular complexity index is 799. The molecule has 5 rings (SSSR count). The summed E-state index contributed by atoms with van der Waals surface area (Å²) in [6.07, 6.45) is 9.26. The normalized spacial score (nSPS) is 31.8. The number of likely N-dealkylation sites (tertiary alicyclic amines) is 1. The van der Waals surface area contributed by atoms with Crippen molar-refractivity contribution < 1.29 is 14.0 Å². The maximum atomic E-state index is 14.2. The van der Waals surface area contributed by atoms with Crippen molar-refractivity contribution >= 4 is 11.8 Å². The van der Waals surface area contributed by atoms with Crippen molar-refractivity contribution in [1.29, 1.82) is 0 Å². The van der Waals surface area contributed by atoms with Crippen LogP contribution in [0.25, 0.3) is 0 Å². The molecule has 0 unspecified atom stereocenters. The molecule has 156 valence electrons. The van der Waals surface area contributed by atoms with Gasteiger partial charge in [-0.15, -0.1) is 0 Å². The van der Waals surface area contributed by atoms with Gasteiger partial charge in [0, 0.05) is 43.8 Å². The molecule has 29 heavy (non-hydrogen) atoms. The van der Waals surface area contributed by atoms with Gasteiger partial charge < -0.3 is 10.2 Å². The summed E-state index contributed by atoms with van der Waals surface area (Å²) in [4.78, 5) is 33.5. The Kier molecular flexibility index (Phi) is 5.02. The molecule has 1 aromatic rings. The monoisotopic (exact) mass is 400 g/mol. The summed E-state index contributed by atoms with van der Waals surface area (Å²) < 4.78 is 14.2. The lowest BCUT2D eigenvalue weighted by Crippen LogP contribution is -2.66. The molecule has 7 heteroatoms. The van der Waals surface area contributed by atoms with E-state index in [2.05, 4.69) is 15.2 Å². The van der Waals surface area contributed by atoms with E-state index in [0.717, 1.165) is 38.4 Å². The second kappa shape index (κ2) is 7.67. The molecule has 4 fully saturated rings. The Hall–Kier alpha value is -2.02. The Balaban J connectivity index is 1.35. The zero-order valence-electron chi connectivity index (χ0n) is 16.7. The number of halogens is 1. The average molecular weight is 400 g/mol. The molecule has 0 radical (unpaired) electrons. The van der Waals surface area contributed by atoms with Gasteiger partial charge in [-0.25, -0.2) is 4.39 Å². The quantitative estimate of drug-likeness (QED) is 0.840. The highest BCUT2D eigenvalue weighted by Gasteiger charge is 2.48. The van der Waals surface area contributed by atoms with Gasteiger partial charge in [0.2, 0.25) is 5.91 Å². The fourth-order valence-electron chi connectivity index (χ4n) is 5.77. The maximum absolute atomic E-state index is 14.2. The van der Waals surface area contributed by atoms with E-state index >= 15 is 0 Å². The van der Waals surface area contributed by atoms with E-state index in [4.69, 9.17) is 0 Å². The Morgan fingerprint density at radius 1 is 1.17 bits per heavy atom. The molecule has 1 N–H and O–H groups in total. The molecule has 0 spiro atoms. The Morgan fingerprint density at radius 3 is 2.79 bits per heavy atom. The van der Waals surface area contributed by atoms with Gasteiger partial charge in [0.25, 0.3) is 5.91 Å². The Morgan fingerprint density at radius 2 is 2.00 bits per heavy atom. The fourth-order valence-corrected chi connectivity index (χ4v) is 5.77. The SMILES string of the molecule is O=C(NC[C@H]1[C@H]2C[C@H](CN(C(=O)c3ccncc3F)C2)[C@@H]2CCCCN21)C1CC1. The van der Waals surface area contributed by atoms with Gasteiger partial charge in [-0.05, 0) is 56.6 Å².